The van der Waals surface area contributed by atoms with Crippen molar-refractivity contribution in [2.45, 2.75) is 11.8 Å². The third kappa shape index (κ3) is 7.27. The van der Waals surface area contributed by atoms with Gasteiger partial charge < -0.3 is 15.4 Å². The first kappa shape index (κ1) is 25.2. The molecule has 0 unspecified atom stereocenters. The molecule has 35 heavy (non-hydrogen) atoms. The molecule has 0 saturated carbocycles. The number of aryl methyl sites for hydroxylation is 1. The van der Waals surface area contributed by atoms with Gasteiger partial charge in [0.05, 0.1) is 16.4 Å². The third-order valence-electron chi connectivity index (χ3n) is 4.67. The monoisotopic (exact) mass is 498 g/mol. The normalized spacial score (nSPS) is 10.8. The molecule has 0 aliphatic carbocycles. The molecule has 12 heteroatoms. The Morgan fingerprint density at radius 1 is 0.943 bits per heavy atom. The standard InChI is InChI=1S/C23H22N4O7S/c1-16-7-12-20(13-21(16)27(30)31)35(32,33)26-18-10-8-17(9-11-18)25-22(28)14-24-23(29)15-34-19-5-3-2-4-6-19/h2-13,26H,14-15H2,1H3,(H,24,29)(H,25,28). The second kappa shape index (κ2) is 11.1. The maximum absolute atomic E-state index is 12.6. The van der Waals surface area contributed by atoms with Crippen LogP contribution >= 0.6 is 0 Å². The van der Waals surface area contributed by atoms with Crippen molar-refractivity contribution in [3.8, 4) is 5.75 Å². The Labute approximate surface area is 201 Å². The van der Waals surface area contributed by atoms with Crippen LogP contribution in [0.15, 0.2) is 77.7 Å². The molecule has 0 spiro atoms. The van der Waals surface area contributed by atoms with Crippen LogP contribution in [-0.4, -0.2) is 38.3 Å². The highest BCUT2D eigenvalue weighted by Crippen LogP contribution is 2.24. The number of para-hydroxylation sites is 1. The van der Waals surface area contributed by atoms with Crippen molar-refractivity contribution in [3.63, 3.8) is 0 Å². The fourth-order valence-corrected chi connectivity index (χ4v) is 3.97. The SMILES string of the molecule is Cc1ccc(S(=O)(=O)Nc2ccc(NC(=O)CNC(=O)COc3ccccc3)cc2)cc1[N+](=O)[O-]. The largest absolute Gasteiger partial charge is 0.484 e. The summed E-state index contributed by atoms with van der Waals surface area (Å²) in [6.07, 6.45) is 0. The number of anilines is 2. The summed E-state index contributed by atoms with van der Waals surface area (Å²) in [7, 11) is -4.07. The first-order valence-corrected chi connectivity index (χ1v) is 11.7. The van der Waals surface area contributed by atoms with Crippen LogP contribution in [0.25, 0.3) is 0 Å². The topological polar surface area (TPSA) is 157 Å². The summed E-state index contributed by atoms with van der Waals surface area (Å²) in [5.41, 5.74) is 0.606. The van der Waals surface area contributed by atoms with Gasteiger partial charge in [0.1, 0.15) is 5.75 Å². The van der Waals surface area contributed by atoms with Crippen molar-refractivity contribution in [3.05, 3.63) is 88.5 Å². The first-order chi connectivity index (χ1) is 16.6. The molecule has 2 amide bonds. The number of amides is 2. The number of hydrogen-bond donors (Lipinski definition) is 3. The minimum absolute atomic E-state index is 0.192. The lowest BCUT2D eigenvalue weighted by Gasteiger charge is -2.11. The molecule has 3 aromatic rings. The molecule has 0 fully saturated rings. The number of nitrogens with zero attached hydrogens (tertiary/aromatic N) is 1. The van der Waals surface area contributed by atoms with Gasteiger partial charge in [0.25, 0.3) is 21.6 Å². The number of carbonyl (C=O) groups excluding carboxylic acids is 2. The molecule has 0 aliphatic rings. The first-order valence-electron chi connectivity index (χ1n) is 10.3. The Morgan fingerprint density at radius 2 is 1.60 bits per heavy atom. The van der Waals surface area contributed by atoms with Gasteiger partial charge in [0.2, 0.25) is 5.91 Å². The molecule has 0 bridgehead atoms. The highest BCUT2D eigenvalue weighted by atomic mass is 32.2. The number of nitro benzene ring substituents is 1. The van der Waals surface area contributed by atoms with E-state index in [-0.39, 0.29) is 29.4 Å². The van der Waals surface area contributed by atoms with E-state index in [9.17, 15) is 28.1 Å². The van der Waals surface area contributed by atoms with E-state index in [1.165, 1.54) is 43.3 Å². The van der Waals surface area contributed by atoms with Crippen molar-refractivity contribution >= 4 is 38.9 Å². The quantitative estimate of drug-likeness (QED) is 0.286. The van der Waals surface area contributed by atoms with Crippen molar-refractivity contribution in [1.29, 1.82) is 0 Å². The number of benzene rings is 3. The van der Waals surface area contributed by atoms with Crippen LogP contribution in [0.3, 0.4) is 0 Å². The number of carbonyl (C=O) groups is 2. The fraction of sp³-hybridized carbons (Fsp3) is 0.130. The molecule has 0 heterocycles. The smallest absolute Gasteiger partial charge is 0.273 e. The molecule has 3 aromatic carbocycles. The molecule has 0 aromatic heterocycles. The predicted octanol–water partition coefficient (Wildman–Crippen LogP) is 2.84. The van der Waals surface area contributed by atoms with Crippen molar-refractivity contribution in [2.75, 3.05) is 23.2 Å². The zero-order chi connectivity index (χ0) is 25.4. The zero-order valence-electron chi connectivity index (χ0n) is 18.6. The lowest BCUT2D eigenvalue weighted by atomic mass is 10.2. The third-order valence-corrected chi connectivity index (χ3v) is 6.05. The van der Waals surface area contributed by atoms with E-state index in [0.29, 0.717) is 17.0 Å². The number of sulfonamides is 1. The van der Waals surface area contributed by atoms with Crippen LogP contribution in [0, 0.1) is 17.0 Å². The number of nitrogens with one attached hydrogen (secondary N) is 3. The molecule has 0 aliphatic heterocycles. The average molecular weight is 499 g/mol. The van der Waals surface area contributed by atoms with Gasteiger partial charge in [-0.1, -0.05) is 24.3 Å². The predicted molar refractivity (Wildman–Crippen MR) is 129 cm³/mol. The molecule has 182 valence electrons. The second-order valence-electron chi connectivity index (χ2n) is 7.31. The van der Waals surface area contributed by atoms with E-state index in [1.807, 2.05) is 6.07 Å². The van der Waals surface area contributed by atoms with Gasteiger partial charge in [0.15, 0.2) is 6.61 Å². The van der Waals surface area contributed by atoms with E-state index >= 15 is 0 Å². The van der Waals surface area contributed by atoms with Crippen molar-refractivity contribution in [1.82, 2.24) is 5.32 Å². The summed E-state index contributed by atoms with van der Waals surface area (Å²) < 4.78 is 32.8. The van der Waals surface area contributed by atoms with Gasteiger partial charge in [-0.05, 0) is 49.4 Å². The van der Waals surface area contributed by atoms with E-state index < -0.39 is 26.8 Å². The summed E-state index contributed by atoms with van der Waals surface area (Å²) in [4.78, 5) is 34.1. The zero-order valence-corrected chi connectivity index (χ0v) is 19.4. The minimum Gasteiger partial charge on any atom is -0.484 e. The fourth-order valence-electron chi connectivity index (χ4n) is 2.89. The van der Waals surface area contributed by atoms with E-state index in [2.05, 4.69) is 15.4 Å². The molecular formula is C23H22N4O7S. The summed E-state index contributed by atoms with van der Waals surface area (Å²) in [6, 6.07) is 18.2. The van der Waals surface area contributed by atoms with Crippen molar-refractivity contribution < 1.29 is 27.7 Å². The van der Waals surface area contributed by atoms with Gasteiger partial charge in [-0.15, -0.1) is 0 Å². The minimum atomic E-state index is -4.07. The van der Waals surface area contributed by atoms with Gasteiger partial charge in [-0.3, -0.25) is 24.4 Å². The van der Waals surface area contributed by atoms with E-state index in [4.69, 9.17) is 4.74 Å². The number of rotatable bonds is 10. The molecule has 3 rings (SSSR count). The van der Waals surface area contributed by atoms with Crippen LogP contribution in [0.2, 0.25) is 0 Å². The van der Waals surface area contributed by atoms with Gasteiger partial charge in [-0.25, -0.2) is 8.42 Å². The molecule has 11 nitrogen and oxygen atoms in total. The van der Waals surface area contributed by atoms with Crippen LogP contribution in [0.4, 0.5) is 17.1 Å². The maximum Gasteiger partial charge on any atom is 0.273 e. The maximum atomic E-state index is 12.6. The number of nitro groups is 1. The number of ether oxygens (including phenoxy) is 1. The van der Waals surface area contributed by atoms with Gasteiger partial charge in [-0.2, -0.15) is 0 Å². The van der Waals surface area contributed by atoms with Crippen LogP contribution in [0.5, 0.6) is 5.75 Å². The van der Waals surface area contributed by atoms with E-state index in [0.717, 1.165) is 6.07 Å². The summed E-state index contributed by atoms with van der Waals surface area (Å²) in [5, 5.41) is 16.1. The van der Waals surface area contributed by atoms with Crippen LogP contribution in [0.1, 0.15) is 5.56 Å². The Balaban J connectivity index is 1.51. The van der Waals surface area contributed by atoms with Crippen LogP contribution < -0.4 is 20.1 Å². The van der Waals surface area contributed by atoms with Gasteiger partial charge in [0, 0.05) is 23.0 Å². The second-order valence-corrected chi connectivity index (χ2v) is 9.00. The van der Waals surface area contributed by atoms with Gasteiger partial charge >= 0.3 is 0 Å². The highest BCUT2D eigenvalue weighted by molar-refractivity contribution is 7.92. The Kier molecular flexibility index (Phi) is 8.00. The Morgan fingerprint density at radius 3 is 2.26 bits per heavy atom. The lowest BCUT2D eigenvalue weighted by molar-refractivity contribution is -0.385. The molecular weight excluding hydrogens is 476 g/mol. The van der Waals surface area contributed by atoms with Crippen LogP contribution in [-0.2, 0) is 19.6 Å². The highest BCUT2D eigenvalue weighted by Gasteiger charge is 2.20. The lowest BCUT2D eigenvalue weighted by Crippen LogP contribution is -2.35. The Bertz CT molecular complexity index is 1330. The molecule has 3 N–H and O–H groups in total. The van der Waals surface area contributed by atoms with Crippen molar-refractivity contribution in [2.24, 2.45) is 0 Å². The summed E-state index contributed by atoms with van der Waals surface area (Å²) in [6.45, 7) is 0.993. The Hall–Kier alpha value is -4.45. The average Bonchev–Trinajstić information content (AvgIpc) is 2.83. The van der Waals surface area contributed by atoms with E-state index in [1.54, 1.807) is 24.3 Å². The molecule has 0 saturated heterocycles. The summed E-state index contributed by atoms with van der Waals surface area (Å²) >= 11 is 0. The molecule has 0 radical (unpaired) electrons. The molecule has 0 atom stereocenters. The summed E-state index contributed by atoms with van der Waals surface area (Å²) in [5.74, 6) is -0.424. The number of hydrogen-bond acceptors (Lipinski definition) is 7.